The Labute approximate surface area is 171 Å². The van der Waals surface area contributed by atoms with Crippen molar-refractivity contribution in [3.8, 4) is 11.3 Å². The van der Waals surface area contributed by atoms with Crippen LogP contribution >= 0.6 is 0 Å². The number of hydrogen-bond donors (Lipinski definition) is 0. The molecule has 152 valence electrons. The van der Waals surface area contributed by atoms with Crippen molar-refractivity contribution in [3.63, 3.8) is 0 Å². The quantitative estimate of drug-likeness (QED) is 0.666. The van der Waals surface area contributed by atoms with Crippen molar-refractivity contribution in [2.24, 2.45) is 0 Å². The predicted molar refractivity (Wildman–Crippen MR) is 114 cm³/mol. The topological polar surface area (TPSA) is 60.3 Å². The molecule has 0 spiro atoms. The lowest BCUT2D eigenvalue weighted by atomic mass is 10.0. The Balaban J connectivity index is 1.81. The number of hydrogen-bond acceptors (Lipinski definition) is 4. The van der Waals surface area contributed by atoms with Gasteiger partial charge >= 0.3 is 0 Å². The highest BCUT2D eigenvalue weighted by molar-refractivity contribution is 6.07. The molecule has 0 atom stereocenters. The average molecular weight is 393 g/mol. The molecule has 0 N–H and O–H groups in total. The van der Waals surface area contributed by atoms with Crippen LogP contribution in [0.5, 0.6) is 0 Å². The normalized spacial score (nSPS) is 15.2. The number of pyridine rings is 1. The molecule has 0 aliphatic carbocycles. The van der Waals surface area contributed by atoms with E-state index in [1.165, 1.54) is 0 Å². The number of nitrogens with zero attached hydrogens (tertiary/aromatic N) is 4. The number of amides is 1. The zero-order valence-corrected chi connectivity index (χ0v) is 17.6. The van der Waals surface area contributed by atoms with Gasteiger partial charge in [0.15, 0.2) is 0 Å². The van der Waals surface area contributed by atoms with Gasteiger partial charge in [0.1, 0.15) is 0 Å². The molecular formula is C23H28N4O2. The van der Waals surface area contributed by atoms with Gasteiger partial charge in [0, 0.05) is 49.5 Å². The standard InChI is InChI=1S/C23H28N4O2/c1-15(2)27-14-17(13-24-27)21-12-20(19-7-5-6-16(3)22(19)25-21)23(28)26(4)18-8-10-29-11-9-18/h5-7,12-15,18H,8-11H2,1-4H3. The number of aromatic nitrogens is 3. The van der Waals surface area contributed by atoms with Gasteiger partial charge in [0.05, 0.1) is 23.0 Å². The molecule has 1 amide bonds. The lowest BCUT2D eigenvalue weighted by Gasteiger charge is -2.31. The van der Waals surface area contributed by atoms with E-state index in [1.807, 2.05) is 60.2 Å². The van der Waals surface area contributed by atoms with E-state index in [2.05, 4.69) is 18.9 Å². The van der Waals surface area contributed by atoms with Crippen molar-refractivity contribution in [1.29, 1.82) is 0 Å². The molecule has 0 saturated carbocycles. The van der Waals surface area contributed by atoms with Crippen molar-refractivity contribution in [2.75, 3.05) is 20.3 Å². The third kappa shape index (κ3) is 3.77. The summed E-state index contributed by atoms with van der Waals surface area (Å²) in [6, 6.07) is 8.40. The number of benzene rings is 1. The Kier molecular flexibility index (Phi) is 5.37. The molecule has 3 heterocycles. The smallest absolute Gasteiger partial charge is 0.254 e. The molecule has 0 unspecified atom stereocenters. The van der Waals surface area contributed by atoms with Crippen LogP contribution in [0.15, 0.2) is 36.7 Å². The van der Waals surface area contributed by atoms with Crippen molar-refractivity contribution in [2.45, 2.75) is 45.7 Å². The van der Waals surface area contributed by atoms with Gasteiger partial charge in [0.2, 0.25) is 0 Å². The highest BCUT2D eigenvalue weighted by atomic mass is 16.5. The van der Waals surface area contributed by atoms with Gasteiger partial charge in [-0.25, -0.2) is 4.98 Å². The molecule has 1 aliphatic heterocycles. The largest absolute Gasteiger partial charge is 0.381 e. The van der Waals surface area contributed by atoms with Gasteiger partial charge in [-0.3, -0.25) is 9.48 Å². The summed E-state index contributed by atoms with van der Waals surface area (Å²) < 4.78 is 7.37. The minimum atomic E-state index is 0.0346. The van der Waals surface area contributed by atoms with Gasteiger partial charge < -0.3 is 9.64 Å². The molecule has 2 aromatic heterocycles. The first-order valence-corrected chi connectivity index (χ1v) is 10.3. The van der Waals surface area contributed by atoms with E-state index in [-0.39, 0.29) is 18.0 Å². The van der Waals surface area contributed by atoms with Crippen LogP contribution in [0.2, 0.25) is 0 Å². The fraction of sp³-hybridized carbons (Fsp3) is 0.435. The molecule has 3 aromatic rings. The minimum absolute atomic E-state index is 0.0346. The average Bonchev–Trinajstić information content (AvgIpc) is 3.24. The number of para-hydroxylation sites is 1. The summed E-state index contributed by atoms with van der Waals surface area (Å²) in [5.74, 6) is 0.0346. The molecule has 1 aliphatic rings. The third-order valence-electron chi connectivity index (χ3n) is 5.76. The van der Waals surface area contributed by atoms with Gasteiger partial charge in [-0.05, 0) is 45.2 Å². The van der Waals surface area contributed by atoms with E-state index in [0.29, 0.717) is 18.8 Å². The molecule has 29 heavy (non-hydrogen) atoms. The zero-order chi connectivity index (χ0) is 20.5. The minimum Gasteiger partial charge on any atom is -0.381 e. The first-order chi connectivity index (χ1) is 14.0. The molecule has 4 rings (SSSR count). The highest BCUT2D eigenvalue weighted by Gasteiger charge is 2.25. The third-order valence-corrected chi connectivity index (χ3v) is 5.76. The molecule has 6 nitrogen and oxygen atoms in total. The van der Waals surface area contributed by atoms with Gasteiger partial charge in [0.25, 0.3) is 5.91 Å². The van der Waals surface area contributed by atoms with E-state index in [4.69, 9.17) is 9.72 Å². The number of ether oxygens (including phenoxy) is 1. The molecule has 6 heteroatoms. The summed E-state index contributed by atoms with van der Waals surface area (Å²) in [6.45, 7) is 7.63. The summed E-state index contributed by atoms with van der Waals surface area (Å²) in [4.78, 5) is 20.3. The van der Waals surface area contributed by atoms with Crippen molar-refractivity contribution in [3.05, 3.63) is 47.8 Å². The number of rotatable bonds is 4. The maximum atomic E-state index is 13.5. The predicted octanol–water partition coefficient (Wildman–Crippen LogP) is 4.24. The summed E-state index contributed by atoms with van der Waals surface area (Å²) in [7, 11) is 1.90. The fourth-order valence-corrected chi connectivity index (χ4v) is 3.90. The molecule has 1 saturated heterocycles. The van der Waals surface area contributed by atoms with Gasteiger partial charge in [-0.1, -0.05) is 18.2 Å². The van der Waals surface area contributed by atoms with E-state index >= 15 is 0 Å². The van der Waals surface area contributed by atoms with Crippen LogP contribution in [0.3, 0.4) is 0 Å². The Hall–Kier alpha value is -2.73. The Morgan fingerprint density at radius 1 is 1.28 bits per heavy atom. The second-order valence-electron chi connectivity index (χ2n) is 8.09. The second-order valence-corrected chi connectivity index (χ2v) is 8.09. The molecular weight excluding hydrogens is 364 g/mol. The molecule has 1 fully saturated rings. The number of aryl methyl sites for hydroxylation is 1. The van der Waals surface area contributed by atoms with E-state index in [0.717, 1.165) is 40.6 Å². The first-order valence-electron chi connectivity index (χ1n) is 10.3. The van der Waals surface area contributed by atoms with Crippen LogP contribution in [0.1, 0.15) is 48.7 Å². The summed E-state index contributed by atoms with van der Waals surface area (Å²) >= 11 is 0. The van der Waals surface area contributed by atoms with Crippen LogP contribution in [0.4, 0.5) is 0 Å². The number of carbonyl (C=O) groups is 1. The van der Waals surface area contributed by atoms with E-state index < -0.39 is 0 Å². The fourth-order valence-electron chi connectivity index (χ4n) is 3.90. The number of fused-ring (bicyclic) bond motifs is 1. The van der Waals surface area contributed by atoms with Gasteiger partial charge in [-0.2, -0.15) is 5.10 Å². The van der Waals surface area contributed by atoms with Crippen LogP contribution < -0.4 is 0 Å². The van der Waals surface area contributed by atoms with Gasteiger partial charge in [-0.15, -0.1) is 0 Å². The Morgan fingerprint density at radius 3 is 2.72 bits per heavy atom. The van der Waals surface area contributed by atoms with Crippen LogP contribution in [-0.4, -0.2) is 51.9 Å². The summed E-state index contributed by atoms with van der Waals surface area (Å²) in [6.07, 6.45) is 5.56. The Bertz CT molecular complexity index is 1030. The SMILES string of the molecule is Cc1cccc2c(C(=O)N(C)C3CCOCC3)cc(-c3cnn(C(C)C)c3)nc12. The van der Waals surface area contributed by atoms with E-state index in [9.17, 15) is 4.79 Å². The lowest BCUT2D eigenvalue weighted by Crippen LogP contribution is -2.40. The van der Waals surface area contributed by atoms with Crippen molar-refractivity contribution < 1.29 is 9.53 Å². The van der Waals surface area contributed by atoms with Crippen LogP contribution in [0, 0.1) is 6.92 Å². The molecule has 1 aromatic carbocycles. The zero-order valence-electron chi connectivity index (χ0n) is 17.6. The monoisotopic (exact) mass is 392 g/mol. The highest BCUT2D eigenvalue weighted by Crippen LogP contribution is 2.28. The van der Waals surface area contributed by atoms with Crippen LogP contribution in [-0.2, 0) is 4.74 Å². The molecule has 0 radical (unpaired) electrons. The summed E-state index contributed by atoms with van der Waals surface area (Å²) in [5, 5.41) is 5.34. The Morgan fingerprint density at radius 2 is 2.03 bits per heavy atom. The lowest BCUT2D eigenvalue weighted by molar-refractivity contribution is 0.0363. The summed E-state index contributed by atoms with van der Waals surface area (Å²) in [5.41, 5.74) is 4.32. The second kappa shape index (κ2) is 7.95. The first kappa shape index (κ1) is 19.6. The van der Waals surface area contributed by atoms with E-state index in [1.54, 1.807) is 0 Å². The van der Waals surface area contributed by atoms with Crippen LogP contribution in [0.25, 0.3) is 22.2 Å². The number of carbonyl (C=O) groups excluding carboxylic acids is 1. The van der Waals surface area contributed by atoms with Crippen molar-refractivity contribution in [1.82, 2.24) is 19.7 Å². The maximum absolute atomic E-state index is 13.5. The van der Waals surface area contributed by atoms with Crippen molar-refractivity contribution >= 4 is 16.8 Å². The maximum Gasteiger partial charge on any atom is 0.254 e. The molecule has 0 bridgehead atoms.